The van der Waals surface area contributed by atoms with Crippen molar-refractivity contribution in [2.24, 2.45) is 0 Å². The number of anilines is 1. The van der Waals surface area contributed by atoms with Crippen LogP contribution in [0.1, 0.15) is 19.3 Å². The lowest BCUT2D eigenvalue weighted by Gasteiger charge is -2.07. The smallest absolute Gasteiger partial charge is 0.221 e. The highest BCUT2D eigenvalue weighted by molar-refractivity contribution is 7.91. The second-order valence-electron chi connectivity index (χ2n) is 4.32. The number of carbonyl (C=O) groups excluding carboxylic acids is 1. The Bertz CT molecular complexity index is 552. The van der Waals surface area contributed by atoms with Gasteiger partial charge in [-0.25, -0.2) is 8.42 Å². The second-order valence-corrected chi connectivity index (χ2v) is 6.40. The fraction of sp³-hybridized carbons (Fsp3) is 0.455. The van der Waals surface area contributed by atoms with E-state index in [0.717, 1.165) is 12.8 Å². The van der Waals surface area contributed by atoms with E-state index < -0.39 is 9.84 Å². The Labute approximate surface area is 106 Å². The molecule has 0 bridgehead atoms. The minimum absolute atomic E-state index is 0.0386. The Hall–Kier alpha value is -1.63. The van der Waals surface area contributed by atoms with Crippen LogP contribution in [0.25, 0.3) is 0 Å². The SMILES string of the molecule is Nc1cnccc1S(=O)(=O)CCC(=O)NC1CC1. The number of pyridine rings is 1. The van der Waals surface area contributed by atoms with Gasteiger partial charge in [0.15, 0.2) is 9.84 Å². The molecule has 1 aliphatic rings. The lowest BCUT2D eigenvalue weighted by Crippen LogP contribution is -2.27. The molecular weight excluding hydrogens is 254 g/mol. The number of nitrogen functional groups attached to an aromatic ring is 1. The summed E-state index contributed by atoms with van der Waals surface area (Å²) in [5, 5.41) is 2.75. The molecule has 0 atom stereocenters. The normalized spacial score (nSPS) is 15.3. The molecule has 1 heterocycles. The van der Waals surface area contributed by atoms with Crippen LogP contribution in [0.4, 0.5) is 5.69 Å². The summed E-state index contributed by atoms with van der Waals surface area (Å²) in [4.78, 5) is 15.2. The quantitative estimate of drug-likeness (QED) is 0.789. The first-order valence-electron chi connectivity index (χ1n) is 5.70. The van der Waals surface area contributed by atoms with Gasteiger partial charge in [-0.2, -0.15) is 0 Å². The van der Waals surface area contributed by atoms with Crippen LogP contribution in [-0.4, -0.2) is 31.1 Å². The van der Waals surface area contributed by atoms with E-state index in [9.17, 15) is 13.2 Å². The van der Waals surface area contributed by atoms with Crippen molar-refractivity contribution in [1.29, 1.82) is 0 Å². The van der Waals surface area contributed by atoms with Crippen molar-refractivity contribution < 1.29 is 13.2 Å². The molecule has 18 heavy (non-hydrogen) atoms. The molecule has 7 heteroatoms. The zero-order valence-corrected chi connectivity index (χ0v) is 10.6. The van der Waals surface area contributed by atoms with Crippen molar-refractivity contribution in [3.8, 4) is 0 Å². The van der Waals surface area contributed by atoms with E-state index in [0.29, 0.717) is 0 Å². The van der Waals surface area contributed by atoms with Crippen LogP contribution in [0.3, 0.4) is 0 Å². The lowest BCUT2D eigenvalue weighted by atomic mass is 10.4. The number of nitrogens with two attached hydrogens (primary N) is 1. The minimum atomic E-state index is -3.53. The van der Waals surface area contributed by atoms with Gasteiger partial charge in [-0.3, -0.25) is 9.78 Å². The fourth-order valence-corrected chi connectivity index (χ4v) is 2.90. The zero-order chi connectivity index (χ0) is 13.2. The molecule has 1 amide bonds. The minimum Gasteiger partial charge on any atom is -0.396 e. The number of rotatable bonds is 5. The Kier molecular flexibility index (Phi) is 3.51. The summed E-state index contributed by atoms with van der Waals surface area (Å²) in [6, 6.07) is 1.59. The number of hydrogen-bond acceptors (Lipinski definition) is 5. The third kappa shape index (κ3) is 3.19. The molecule has 0 saturated heterocycles. The Morgan fingerprint density at radius 3 is 2.83 bits per heavy atom. The van der Waals surface area contributed by atoms with Gasteiger partial charge in [0.05, 0.1) is 22.5 Å². The Balaban J connectivity index is 1.98. The third-order valence-electron chi connectivity index (χ3n) is 2.69. The van der Waals surface area contributed by atoms with Crippen LogP contribution in [0.2, 0.25) is 0 Å². The standard InChI is InChI=1S/C11H15N3O3S/c12-9-7-13-5-3-10(9)18(16,17)6-4-11(15)14-8-1-2-8/h3,5,7-8H,1-2,4,6,12H2,(H,14,15). The molecule has 3 N–H and O–H groups in total. The predicted molar refractivity (Wildman–Crippen MR) is 66.5 cm³/mol. The summed E-state index contributed by atoms with van der Waals surface area (Å²) in [5.41, 5.74) is 5.67. The summed E-state index contributed by atoms with van der Waals surface area (Å²) in [6.07, 6.45) is 4.58. The maximum atomic E-state index is 12.0. The fourth-order valence-electron chi connectivity index (χ4n) is 1.54. The molecule has 0 aromatic carbocycles. The number of carbonyl (C=O) groups is 1. The van der Waals surface area contributed by atoms with E-state index in [4.69, 9.17) is 5.73 Å². The Morgan fingerprint density at radius 2 is 2.22 bits per heavy atom. The Morgan fingerprint density at radius 1 is 1.50 bits per heavy atom. The predicted octanol–water partition coefficient (Wildman–Crippen LogP) is 0.106. The summed E-state index contributed by atoms with van der Waals surface area (Å²) in [6.45, 7) is 0. The van der Waals surface area contributed by atoms with Crippen LogP contribution in [0.5, 0.6) is 0 Å². The summed E-state index contributed by atoms with van der Waals surface area (Å²) >= 11 is 0. The number of sulfone groups is 1. The number of hydrogen-bond donors (Lipinski definition) is 2. The molecule has 2 rings (SSSR count). The lowest BCUT2D eigenvalue weighted by molar-refractivity contribution is -0.120. The first-order valence-corrected chi connectivity index (χ1v) is 7.36. The average molecular weight is 269 g/mol. The first kappa shape index (κ1) is 12.8. The highest BCUT2D eigenvalue weighted by atomic mass is 32.2. The van der Waals surface area contributed by atoms with Gasteiger partial charge < -0.3 is 11.1 Å². The third-order valence-corrected chi connectivity index (χ3v) is 4.47. The van der Waals surface area contributed by atoms with Crippen LogP contribution in [0.15, 0.2) is 23.4 Å². The van der Waals surface area contributed by atoms with Gasteiger partial charge in [0, 0.05) is 18.7 Å². The average Bonchev–Trinajstić information content (AvgIpc) is 3.11. The molecule has 0 unspecified atom stereocenters. The van der Waals surface area contributed by atoms with Crippen molar-refractivity contribution in [3.05, 3.63) is 18.5 Å². The van der Waals surface area contributed by atoms with Crippen molar-refractivity contribution in [3.63, 3.8) is 0 Å². The largest absolute Gasteiger partial charge is 0.396 e. The molecule has 1 fully saturated rings. The van der Waals surface area contributed by atoms with Gasteiger partial charge in [-0.1, -0.05) is 0 Å². The topological polar surface area (TPSA) is 102 Å². The molecule has 0 aliphatic heterocycles. The van der Waals surface area contributed by atoms with Gasteiger partial charge in [0.1, 0.15) is 0 Å². The highest BCUT2D eigenvalue weighted by Crippen LogP contribution is 2.20. The number of aromatic nitrogens is 1. The van der Waals surface area contributed by atoms with Gasteiger partial charge in [0.2, 0.25) is 5.91 Å². The molecular formula is C11H15N3O3S. The highest BCUT2D eigenvalue weighted by Gasteiger charge is 2.24. The van der Waals surface area contributed by atoms with E-state index in [1.54, 1.807) is 0 Å². The molecule has 98 valence electrons. The van der Waals surface area contributed by atoms with Crippen molar-refractivity contribution >= 4 is 21.4 Å². The van der Waals surface area contributed by atoms with Crippen molar-refractivity contribution in [1.82, 2.24) is 10.3 Å². The van der Waals surface area contributed by atoms with Crippen LogP contribution >= 0.6 is 0 Å². The number of nitrogens with one attached hydrogen (secondary N) is 1. The molecule has 6 nitrogen and oxygen atoms in total. The summed E-state index contributed by atoms with van der Waals surface area (Å²) in [7, 11) is -3.53. The zero-order valence-electron chi connectivity index (χ0n) is 9.80. The van der Waals surface area contributed by atoms with E-state index in [1.807, 2.05) is 0 Å². The van der Waals surface area contributed by atoms with Gasteiger partial charge in [-0.05, 0) is 18.9 Å². The van der Waals surface area contributed by atoms with E-state index in [1.165, 1.54) is 18.5 Å². The van der Waals surface area contributed by atoms with E-state index in [2.05, 4.69) is 10.3 Å². The van der Waals surface area contributed by atoms with Gasteiger partial charge >= 0.3 is 0 Å². The maximum absolute atomic E-state index is 12.0. The van der Waals surface area contributed by atoms with E-state index >= 15 is 0 Å². The second kappa shape index (κ2) is 4.93. The van der Waals surface area contributed by atoms with Crippen LogP contribution in [0, 0.1) is 0 Å². The molecule has 1 aliphatic carbocycles. The maximum Gasteiger partial charge on any atom is 0.221 e. The molecule has 1 aromatic heterocycles. The molecule has 1 aromatic rings. The van der Waals surface area contributed by atoms with Crippen molar-refractivity contribution in [2.75, 3.05) is 11.5 Å². The van der Waals surface area contributed by atoms with E-state index in [-0.39, 0.29) is 34.7 Å². The molecule has 1 saturated carbocycles. The molecule has 0 radical (unpaired) electrons. The van der Waals surface area contributed by atoms with Crippen LogP contribution in [-0.2, 0) is 14.6 Å². The monoisotopic (exact) mass is 269 g/mol. The van der Waals surface area contributed by atoms with Crippen LogP contribution < -0.4 is 11.1 Å². The summed E-state index contributed by atoms with van der Waals surface area (Å²) < 4.78 is 23.9. The first-order chi connectivity index (χ1) is 8.49. The number of amides is 1. The van der Waals surface area contributed by atoms with Gasteiger partial charge in [-0.15, -0.1) is 0 Å². The number of nitrogens with zero attached hydrogens (tertiary/aromatic N) is 1. The molecule has 0 spiro atoms. The van der Waals surface area contributed by atoms with Gasteiger partial charge in [0.25, 0.3) is 0 Å². The van der Waals surface area contributed by atoms with Crippen molar-refractivity contribution in [2.45, 2.75) is 30.2 Å². The summed E-state index contributed by atoms with van der Waals surface area (Å²) in [5.74, 6) is -0.464.